The predicted molar refractivity (Wildman–Crippen MR) is 55.1 cm³/mol. The number of rotatable bonds is 4. The highest BCUT2D eigenvalue weighted by Crippen LogP contribution is 2.04. The molecule has 0 aliphatic rings. The molecule has 0 aliphatic carbocycles. The van der Waals surface area contributed by atoms with Gasteiger partial charge in [-0.25, -0.2) is 9.97 Å². The first-order valence-electron chi connectivity index (χ1n) is 4.31. The van der Waals surface area contributed by atoms with Gasteiger partial charge in [-0.3, -0.25) is 0 Å². The van der Waals surface area contributed by atoms with Crippen LogP contribution >= 0.6 is 11.6 Å². The smallest absolute Gasteiger partial charge is 0.129 e. The van der Waals surface area contributed by atoms with Crippen molar-refractivity contribution in [1.82, 2.24) is 9.97 Å². The molecule has 0 saturated carbocycles. The van der Waals surface area contributed by atoms with Crippen molar-refractivity contribution in [2.75, 3.05) is 17.7 Å². The van der Waals surface area contributed by atoms with E-state index in [9.17, 15) is 0 Å². The lowest BCUT2D eigenvalue weighted by molar-refractivity contribution is 0.694. The van der Waals surface area contributed by atoms with Crippen molar-refractivity contribution in [2.45, 2.75) is 13.8 Å². The van der Waals surface area contributed by atoms with Crippen molar-refractivity contribution >= 4 is 17.4 Å². The molecule has 0 fully saturated rings. The molecule has 3 nitrogen and oxygen atoms in total. The number of hydrogen-bond donors (Lipinski definition) is 1. The molecule has 1 rings (SSSR count). The third kappa shape index (κ3) is 3.59. The number of hydrogen-bond acceptors (Lipinski definition) is 3. The number of aryl methyl sites for hydroxylation is 1. The van der Waals surface area contributed by atoms with Gasteiger partial charge in [0.1, 0.15) is 12.1 Å². The predicted octanol–water partition coefficient (Wildman–Crippen LogP) is 2.07. The molecule has 1 atom stereocenters. The van der Waals surface area contributed by atoms with E-state index in [4.69, 9.17) is 11.6 Å². The Morgan fingerprint density at radius 1 is 1.54 bits per heavy atom. The molecule has 1 aromatic heterocycles. The molecule has 13 heavy (non-hydrogen) atoms. The molecule has 0 saturated heterocycles. The van der Waals surface area contributed by atoms with Crippen LogP contribution in [0.4, 0.5) is 5.82 Å². The van der Waals surface area contributed by atoms with Gasteiger partial charge >= 0.3 is 0 Å². The molecule has 1 aromatic rings. The Morgan fingerprint density at radius 3 is 2.92 bits per heavy atom. The van der Waals surface area contributed by atoms with Crippen molar-refractivity contribution in [1.29, 1.82) is 0 Å². The molecule has 0 bridgehead atoms. The quantitative estimate of drug-likeness (QED) is 0.755. The fourth-order valence-corrected chi connectivity index (χ4v) is 0.994. The molecule has 0 aliphatic heterocycles. The van der Waals surface area contributed by atoms with Crippen LogP contribution in [0, 0.1) is 12.8 Å². The third-order valence-corrected chi connectivity index (χ3v) is 2.23. The summed E-state index contributed by atoms with van der Waals surface area (Å²) in [7, 11) is 0. The fraction of sp³-hybridized carbons (Fsp3) is 0.556. The average molecular weight is 200 g/mol. The maximum absolute atomic E-state index is 5.68. The Bertz CT molecular complexity index is 265. The molecule has 0 amide bonds. The number of nitrogens with one attached hydrogen (secondary N) is 1. The Labute approximate surface area is 83.5 Å². The topological polar surface area (TPSA) is 37.8 Å². The van der Waals surface area contributed by atoms with Crippen LogP contribution in [0.2, 0.25) is 0 Å². The van der Waals surface area contributed by atoms with Crippen LogP contribution in [0.3, 0.4) is 0 Å². The van der Waals surface area contributed by atoms with Crippen LogP contribution < -0.4 is 5.32 Å². The largest absolute Gasteiger partial charge is 0.370 e. The summed E-state index contributed by atoms with van der Waals surface area (Å²) in [6, 6.07) is 1.92. The van der Waals surface area contributed by atoms with Gasteiger partial charge in [0.05, 0.1) is 0 Å². The summed E-state index contributed by atoms with van der Waals surface area (Å²) in [6.45, 7) is 4.88. The summed E-state index contributed by atoms with van der Waals surface area (Å²) < 4.78 is 0. The summed E-state index contributed by atoms with van der Waals surface area (Å²) in [6.07, 6.45) is 1.56. The zero-order chi connectivity index (χ0) is 9.68. The number of halogens is 1. The lowest BCUT2D eigenvalue weighted by Gasteiger charge is -2.09. The van der Waals surface area contributed by atoms with Crippen LogP contribution in [0.25, 0.3) is 0 Å². The van der Waals surface area contributed by atoms with Gasteiger partial charge in [-0.15, -0.1) is 11.6 Å². The summed E-state index contributed by atoms with van der Waals surface area (Å²) in [5.41, 5.74) is 0.969. The van der Waals surface area contributed by atoms with Crippen LogP contribution in [-0.4, -0.2) is 22.4 Å². The normalized spacial score (nSPS) is 12.5. The molecule has 0 spiro atoms. The van der Waals surface area contributed by atoms with Crippen molar-refractivity contribution in [2.24, 2.45) is 5.92 Å². The van der Waals surface area contributed by atoms with Gasteiger partial charge in [0.15, 0.2) is 0 Å². The Balaban J connectivity index is 2.45. The van der Waals surface area contributed by atoms with Gasteiger partial charge in [-0.2, -0.15) is 0 Å². The molecule has 1 unspecified atom stereocenters. The van der Waals surface area contributed by atoms with Gasteiger partial charge in [-0.05, 0) is 12.8 Å². The second-order valence-electron chi connectivity index (χ2n) is 3.19. The third-order valence-electron chi connectivity index (χ3n) is 1.70. The van der Waals surface area contributed by atoms with Gasteiger partial charge in [-0.1, -0.05) is 6.92 Å². The van der Waals surface area contributed by atoms with Gasteiger partial charge in [0, 0.05) is 24.2 Å². The molecule has 4 heteroatoms. The lowest BCUT2D eigenvalue weighted by atomic mass is 10.2. The molecule has 72 valence electrons. The van der Waals surface area contributed by atoms with Crippen LogP contribution in [0.1, 0.15) is 12.6 Å². The summed E-state index contributed by atoms with van der Waals surface area (Å²) in [5, 5.41) is 3.20. The molecule has 0 radical (unpaired) electrons. The monoisotopic (exact) mass is 199 g/mol. The van der Waals surface area contributed by atoms with E-state index in [1.807, 2.05) is 13.0 Å². The van der Waals surface area contributed by atoms with E-state index in [2.05, 4.69) is 22.2 Å². The van der Waals surface area contributed by atoms with E-state index >= 15 is 0 Å². The van der Waals surface area contributed by atoms with Crippen molar-refractivity contribution in [3.8, 4) is 0 Å². The first-order chi connectivity index (χ1) is 6.22. The SMILES string of the molecule is Cc1cc(NCC(C)CCl)ncn1. The molecular formula is C9H14ClN3. The fourth-order valence-electron chi connectivity index (χ4n) is 0.885. The van der Waals surface area contributed by atoms with Crippen molar-refractivity contribution in [3.63, 3.8) is 0 Å². The van der Waals surface area contributed by atoms with Gasteiger partial charge < -0.3 is 5.32 Å². The molecular weight excluding hydrogens is 186 g/mol. The first-order valence-corrected chi connectivity index (χ1v) is 4.84. The second-order valence-corrected chi connectivity index (χ2v) is 3.49. The number of nitrogens with zero attached hydrogens (tertiary/aromatic N) is 2. The summed E-state index contributed by atoms with van der Waals surface area (Å²) in [5.74, 6) is 1.98. The van der Waals surface area contributed by atoms with E-state index in [0.29, 0.717) is 11.8 Å². The maximum Gasteiger partial charge on any atom is 0.129 e. The molecule has 1 heterocycles. The number of aromatic nitrogens is 2. The van der Waals surface area contributed by atoms with Gasteiger partial charge in [0.25, 0.3) is 0 Å². The summed E-state index contributed by atoms with van der Waals surface area (Å²) >= 11 is 5.68. The highest BCUT2D eigenvalue weighted by molar-refractivity contribution is 6.18. The Kier molecular flexibility index (Phi) is 3.96. The minimum atomic E-state index is 0.455. The molecule has 1 N–H and O–H groups in total. The lowest BCUT2D eigenvalue weighted by Crippen LogP contribution is -2.13. The molecule has 0 aromatic carbocycles. The van der Waals surface area contributed by atoms with E-state index in [0.717, 1.165) is 18.1 Å². The summed E-state index contributed by atoms with van der Waals surface area (Å²) in [4.78, 5) is 8.09. The van der Waals surface area contributed by atoms with Crippen molar-refractivity contribution < 1.29 is 0 Å². The van der Waals surface area contributed by atoms with E-state index in [-0.39, 0.29) is 0 Å². The van der Waals surface area contributed by atoms with E-state index in [1.54, 1.807) is 6.33 Å². The average Bonchev–Trinajstić information content (AvgIpc) is 2.14. The highest BCUT2D eigenvalue weighted by Gasteiger charge is 2.00. The zero-order valence-corrected chi connectivity index (χ0v) is 8.67. The highest BCUT2D eigenvalue weighted by atomic mass is 35.5. The van der Waals surface area contributed by atoms with Gasteiger partial charge in [0.2, 0.25) is 0 Å². The Hall–Kier alpha value is -0.830. The number of anilines is 1. The van der Waals surface area contributed by atoms with E-state index in [1.165, 1.54) is 0 Å². The van der Waals surface area contributed by atoms with Crippen LogP contribution in [0.5, 0.6) is 0 Å². The first kappa shape index (κ1) is 10.3. The standard InChI is InChI=1S/C9H14ClN3/c1-7(4-10)5-11-9-3-8(2)12-6-13-9/h3,6-7H,4-5H2,1-2H3,(H,11,12,13). The van der Waals surface area contributed by atoms with E-state index < -0.39 is 0 Å². The number of alkyl halides is 1. The zero-order valence-electron chi connectivity index (χ0n) is 7.92. The minimum Gasteiger partial charge on any atom is -0.370 e. The van der Waals surface area contributed by atoms with Crippen LogP contribution in [-0.2, 0) is 0 Å². The minimum absolute atomic E-state index is 0.455. The maximum atomic E-state index is 5.68. The van der Waals surface area contributed by atoms with Crippen molar-refractivity contribution in [3.05, 3.63) is 18.1 Å². The van der Waals surface area contributed by atoms with Crippen LogP contribution in [0.15, 0.2) is 12.4 Å². The Morgan fingerprint density at radius 2 is 2.31 bits per heavy atom. The second kappa shape index (κ2) is 5.02.